The van der Waals surface area contributed by atoms with Gasteiger partial charge in [0.15, 0.2) is 0 Å². The first-order valence-electron chi connectivity index (χ1n) is 14.1. The molecule has 5 rings (SSSR count). The minimum absolute atomic E-state index is 0.0191. The molecule has 0 spiro atoms. The molecule has 214 valence electrons. The van der Waals surface area contributed by atoms with E-state index in [0.29, 0.717) is 23.6 Å². The van der Waals surface area contributed by atoms with E-state index in [0.717, 1.165) is 66.7 Å². The summed E-state index contributed by atoms with van der Waals surface area (Å²) >= 11 is 6.51. The van der Waals surface area contributed by atoms with Crippen molar-refractivity contribution in [1.29, 1.82) is 0 Å². The summed E-state index contributed by atoms with van der Waals surface area (Å²) in [5, 5.41) is 5.17. The van der Waals surface area contributed by atoms with E-state index >= 15 is 0 Å². The Labute approximate surface area is 247 Å². The fourth-order valence-electron chi connectivity index (χ4n) is 5.16. The van der Waals surface area contributed by atoms with Crippen LogP contribution in [0.3, 0.4) is 0 Å². The second kappa shape index (κ2) is 13.3. The highest BCUT2D eigenvalue weighted by Gasteiger charge is 2.21. The van der Waals surface area contributed by atoms with Crippen molar-refractivity contribution in [3.05, 3.63) is 89.2 Å². The zero-order chi connectivity index (χ0) is 28.8. The lowest BCUT2D eigenvalue weighted by molar-refractivity contribution is -0.125. The fraction of sp³-hybridized carbons (Fsp3) is 0.344. The summed E-state index contributed by atoms with van der Waals surface area (Å²) in [7, 11) is 5.81. The van der Waals surface area contributed by atoms with E-state index in [1.165, 1.54) is 5.56 Å². The van der Waals surface area contributed by atoms with Gasteiger partial charge in [-0.15, -0.1) is 0 Å². The molecule has 1 aliphatic rings. The maximum absolute atomic E-state index is 12.3. The van der Waals surface area contributed by atoms with Crippen LogP contribution in [0.4, 0.5) is 5.95 Å². The number of aromatic nitrogens is 3. The SMILES string of the molecule is CN(C)C/C=C/C(=O)N(C)Cc1ccc(CN2CCC(Nc3ncc(Cl)c(-c4c[nH]c5ccccc45)n3)CC2)cc1. The summed E-state index contributed by atoms with van der Waals surface area (Å²) in [5.74, 6) is 0.631. The Bertz CT molecular complexity index is 1490. The Hall–Kier alpha value is -3.72. The van der Waals surface area contributed by atoms with Gasteiger partial charge in [0.1, 0.15) is 0 Å². The number of hydrogen-bond acceptors (Lipinski definition) is 6. The van der Waals surface area contributed by atoms with Gasteiger partial charge < -0.3 is 20.1 Å². The number of rotatable bonds is 10. The number of hydrogen-bond donors (Lipinski definition) is 2. The number of benzene rings is 2. The van der Waals surface area contributed by atoms with Gasteiger partial charge in [-0.25, -0.2) is 9.97 Å². The van der Waals surface area contributed by atoms with Gasteiger partial charge in [0.2, 0.25) is 11.9 Å². The molecular formula is C32H38ClN7O. The highest BCUT2D eigenvalue weighted by molar-refractivity contribution is 6.33. The second-order valence-corrected chi connectivity index (χ2v) is 11.4. The number of nitrogens with zero attached hydrogens (tertiary/aromatic N) is 5. The van der Waals surface area contributed by atoms with Gasteiger partial charge in [-0.05, 0) is 44.1 Å². The third-order valence-electron chi connectivity index (χ3n) is 7.47. The van der Waals surface area contributed by atoms with Gasteiger partial charge in [-0.1, -0.05) is 60.1 Å². The van der Waals surface area contributed by atoms with Crippen LogP contribution in [0.1, 0.15) is 24.0 Å². The second-order valence-electron chi connectivity index (χ2n) is 11.0. The number of carbonyl (C=O) groups is 1. The maximum atomic E-state index is 12.3. The number of para-hydroxylation sites is 1. The van der Waals surface area contributed by atoms with Crippen molar-refractivity contribution < 1.29 is 4.79 Å². The summed E-state index contributed by atoms with van der Waals surface area (Å²) in [6.45, 7) is 4.26. The summed E-state index contributed by atoms with van der Waals surface area (Å²) < 4.78 is 0. The predicted octanol–water partition coefficient (Wildman–Crippen LogP) is 5.43. The van der Waals surface area contributed by atoms with Crippen LogP contribution in [0.2, 0.25) is 5.02 Å². The number of likely N-dealkylation sites (N-methyl/N-ethyl adjacent to an activating group) is 2. The van der Waals surface area contributed by atoms with E-state index in [9.17, 15) is 4.79 Å². The number of likely N-dealkylation sites (tertiary alicyclic amines) is 1. The molecule has 0 aliphatic carbocycles. The molecule has 1 saturated heterocycles. The highest BCUT2D eigenvalue weighted by atomic mass is 35.5. The summed E-state index contributed by atoms with van der Waals surface area (Å²) in [6.07, 6.45) is 9.21. The standard InChI is InChI=1S/C32H38ClN7O/c1-38(2)16-6-9-30(41)39(3)21-23-10-12-24(13-11-23)22-40-17-14-25(15-18-40)36-32-35-20-28(33)31(37-32)27-19-34-29-8-5-4-7-26(27)29/h4-13,19-20,25,34H,14-18,21-22H2,1-3H3,(H,35,36,37)/b9-6+. The zero-order valence-electron chi connectivity index (χ0n) is 24.0. The number of fused-ring (bicyclic) bond motifs is 1. The van der Waals surface area contributed by atoms with Crippen molar-refractivity contribution in [2.45, 2.75) is 32.0 Å². The Morgan fingerprint density at radius 1 is 1.10 bits per heavy atom. The quantitative estimate of drug-likeness (QED) is 0.247. The molecule has 1 amide bonds. The molecule has 1 aliphatic heterocycles. The average molecular weight is 572 g/mol. The van der Waals surface area contributed by atoms with E-state index in [2.05, 4.69) is 50.5 Å². The number of amides is 1. The van der Waals surface area contributed by atoms with Gasteiger partial charge in [0.25, 0.3) is 0 Å². The van der Waals surface area contributed by atoms with Crippen molar-refractivity contribution in [1.82, 2.24) is 29.7 Å². The van der Waals surface area contributed by atoms with Crippen molar-refractivity contribution in [3.63, 3.8) is 0 Å². The smallest absolute Gasteiger partial charge is 0.246 e. The summed E-state index contributed by atoms with van der Waals surface area (Å²) in [5.41, 5.74) is 5.18. The predicted molar refractivity (Wildman–Crippen MR) is 167 cm³/mol. The van der Waals surface area contributed by atoms with E-state index in [1.807, 2.05) is 56.5 Å². The van der Waals surface area contributed by atoms with Crippen LogP contribution < -0.4 is 5.32 Å². The molecule has 0 bridgehead atoms. The molecular weight excluding hydrogens is 534 g/mol. The van der Waals surface area contributed by atoms with E-state index < -0.39 is 0 Å². The molecule has 2 N–H and O–H groups in total. The summed E-state index contributed by atoms with van der Waals surface area (Å²) in [4.78, 5) is 31.1. The number of aromatic amines is 1. The van der Waals surface area contributed by atoms with E-state index in [-0.39, 0.29) is 5.91 Å². The molecule has 0 radical (unpaired) electrons. The first-order chi connectivity index (χ1) is 19.9. The first-order valence-corrected chi connectivity index (χ1v) is 14.5. The lowest BCUT2D eigenvalue weighted by atomic mass is 10.0. The molecule has 0 atom stereocenters. The number of H-pyrrole nitrogens is 1. The highest BCUT2D eigenvalue weighted by Crippen LogP contribution is 2.32. The van der Waals surface area contributed by atoms with Crippen LogP contribution in [0.5, 0.6) is 0 Å². The molecule has 0 saturated carbocycles. The third kappa shape index (κ3) is 7.52. The molecule has 1 fully saturated rings. The molecule has 9 heteroatoms. The van der Waals surface area contributed by atoms with Crippen LogP contribution in [0, 0.1) is 0 Å². The first kappa shape index (κ1) is 28.8. The normalized spacial score (nSPS) is 14.8. The molecule has 2 aromatic carbocycles. The van der Waals surface area contributed by atoms with Crippen LogP contribution >= 0.6 is 11.6 Å². The van der Waals surface area contributed by atoms with Gasteiger partial charge >= 0.3 is 0 Å². The van der Waals surface area contributed by atoms with Gasteiger partial charge in [0, 0.05) is 74.6 Å². The number of carbonyl (C=O) groups excluding carboxylic acids is 1. The Morgan fingerprint density at radius 2 is 1.83 bits per heavy atom. The molecule has 4 aromatic rings. The van der Waals surface area contributed by atoms with E-state index in [1.54, 1.807) is 17.2 Å². The number of piperidine rings is 1. The van der Waals surface area contributed by atoms with Gasteiger partial charge in [-0.3, -0.25) is 9.69 Å². The van der Waals surface area contributed by atoms with Crippen molar-refractivity contribution >= 4 is 34.4 Å². The maximum Gasteiger partial charge on any atom is 0.246 e. The minimum atomic E-state index is 0.0191. The third-order valence-corrected chi connectivity index (χ3v) is 7.74. The lowest BCUT2D eigenvalue weighted by Gasteiger charge is -2.32. The zero-order valence-corrected chi connectivity index (χ0v) is 24.7. The number of anilines is 1. The Balaban J connectivity index is 1.11. The molecule has 8 nitrogen and oxygen atoms in total. The van der Waals surface area contributed by atoms with Crippen LogP contribution in [-0.4, -0.2) is 82.4 Å². The van der Waals surface area contributed by atoms with Gasteiger partial charge in [-0.2, -0.15) is 0 Å². The summed E-state index contributed by atoms with van der Waals surface area (Å²) in [6, 6.07) is 17.1. The lowest BCUT2D eigenvalue weighted by Crippen LogP contribution is -2.39. The number of halogens is 1. The van der Waals surface area contributed by atoms with Crippen molar-refractivity contribution in [3.8, 4) is 11.3 Å². The largest absolute Gasteiger partial charge is 0.360 e. The Kier molecular flexibility index (Phi) is 9.34. The van der Waals surface area contributed by atoms with Crippen molar-refractivity contribution in [2.75, 3.05) is 46.1 Å². The van der Waals surface area contributed by atoms with E-state index in [4.69, 9.17) is 16.6 Å². The Morgan fingerprint density at radius 3 is 2.59 bits per heavy atom. The van der Waals surface area contributed by atoms with Crippen molar-refractivity contribution in [2.24, 2.45) is 0 Å². The molecule has 41 heavy (non-hydrogen) atoms. The van der Waals surface area contributed by atoms with Gasteiger partial charge in [0.05, 0.1) is 16.9 Å². The molecule has 3 heterocycles. The fourth-order valence-corrected chi connectivity index (χ4v) is 5.36. The monoisotopic (exact) mass is 571 g/mol. The van der Waals surface area contributed by atoms with Crippen LogP contribution in [0.15, 0.2) is 73.1 Å². The van der Waals surface area contributed by atoms with Crippen LogP contribution in [0.25, 0.3) is 22.2 Å². The number of nitrogens with one attached hydrogen (secondary N) is 2. The minimum Gasteiger partial charge on any atom is -0.360 e. The molecule has 2 aromatic heterocycles. The molecule has 0 unspecified atom stereocenters. The topological polar surface area (TPSA) is 80.4 Å². The average Bonchev–Trinajstić information content (AvgIpc) is 3.40. The van der Waals surface area contributed by atoms with Crippen LogP contribution in [-0.2, 0) is 17.9 Å².